The lowest BCUT2D eigenvalue weighted by molar-refractivity contribution is 0.102. The van der Waals surface area contributed by atoms with Gasteiger partial charge in [-0.05, 0) is 29.8 Å². The third-order valence-corrected chi connectivity index (χ3v) is 4.88. The summed E-state index contributed by atoms with van der Waals surface area (Å²) in [4.78, 5) is 24.7. The molecule has 6 nitrogen and oxygen atoms in total. The summed E-state index contributed by atoms with van der Waals surface area (Å²) in [5.41, 5.74) is 8.62. The molecule has 7 heteroatoms. The minimum absolute atomic E-state index is 0.109. The zero-order valence-corrected chi connectivity index (χ0v) is 14.5. The van der Waals surface area contributed by atoms with Crippen LogP contribution >= 0.6 is 11.3 Å². The number of amides is 1. The Kier molecular flexibility index (Phi) is 4.28. The molecular weight excluding hydrogens is 346 g/mol. The number of nitrogens with one attached hydrogen (secondary N) is 1. The molecule has 0 atom stereocenters. The van der Waals surface area contributed by atoms with Gasteiger partial charge in [0.2, 0.25) is 0 Å². The van der Waals surface area contributed by atoms with Crippen LogP contribution in [0.25, 0.3) is 10.2 Å². The van der Waals surface area contributed by atoms with E-state index in [9.17, 15) is 4.79 Å². The minimum Gasteiger partial charge on any atom is -0.382 e. The zero-order chi connectivity index (χ0) is 17.9. The van der Waals surface area contributed by atoms with Crippen LogP contribution in [0.3, 0.4) is 0 Å². The van der Waals surface area contributed by atoms with Gasteiger partial charge in [-0.25, -0.2) is 15.0 Å². The number of carbonyl (C=O) groups excluding carboxylic acids is 1. The van der Waals surface area contributed by atoms with Crippen molar-refractivity contribution in [1.29, 1.82) is 0 Å². The molecule has 2 aromatic heterocycles. The van der Waals surface area contributed by atoms with Crippen molar-refractivity contribution in [2.45, 2.75) is 6.42 Å². The van der Waals surface area contributed by atoms with E-state index in [4.69, 9.17) is 5.73 Å². The summed E-state index contributed by atoms with van der Waals surface area (Å²) in [6.07, 6.45) is 3.64. The number of carbonyl (C=O) groups is 1. The van der Waals surface area contributed by atoms with Gasteiger partial charge >= 0.3 is 0 Å². The van der Waals surface area contributed by atoms with E-state index in [-0.39, 0.29) is 17.4 Å². The predicted molar refractivity (Wildman–Crippen MR) is 103 cm³/mol. The Balaban J connectivity index is 1.46. The average Bonchev–Trinajstić information content (AvgIpc) is 3.06. The van der Waals surface area contributed by atoms with Gasteiger partial charge in [0.05, 0.1) is 15.2 Å². The van der Waals surface area contributed by atoms with Gasteiger partial charge in [0.25, 0.3) is 5.91 Å². The molecule has 26 heavy (non-hydrogen) atoms. The number of nitrogen functional groups attached to an aromatic ring is 1. The number of thiazole rings is 1. The quantitative estimate of drug-likeness (QED) is 0.580. The third-order valence-electron chi connectivity index (χ3n) is 3.85. The molecule has 0 aliphatic rings. The van der Waals surface area contributed by atoms with Crippen molar-refractivity contribution in [3.63, 3.8) is 0 Å². The van der Waals surface area contributed by atoms with Crippen LogP contribution in [-0.2, 0) is 6.42 Å². The van der Waals surface area contributed by atoms with Crippen LogP contribution in [0.1, 0.15) is 21.1 Å². The van der Waals surface area contributed by atoms with Crippen LogP contribution in [0.4, 0.5) is 11.5 Å². The number of anilines is 2. The van der Waals surface area contributed by atoms with Crippen molar-refractivity contribution in [2.24, 2.45) is 0 Å². The van der Waals surface area contributed by atoms with Gasteiger partial charge < -0.3 is 11.1 Å². The van der Waals surface area contributed by atoms with E-state index in [1.165, 1.54) is 17.1 Å². The maximum Gasteiger partial charge on any atom is 0.278 e. The Morgan fingerprint density at radius 1 is 1.04 bits per heavy atom. The molecule has 2 aromatic carbocycles. The first kappa shape index (κ1) is 16.2. The van der Waals surface area contributed by atoms with E-state index < -0.39 is 0 Å². The first-order valence-electron chi connectivity index (χ1n) is 8.00. The van der Waals surface area contributed by atoms with Gasteiger partial charge in [-0.2, -0.15) is 0 Å². The van der Waals surface area contributed by atoms with E-state index in [1.807, 2.05) is 42.5 Å². The van der Waals surface area contributed by atoms with Crippen LogP contribution in [0.5, 0.6) is 0 Å². The standard InChI is InChI=1S/C19H15N5OS/c20-18-17(21-9-10-22-18)19(25)23-13-7-5-12(6-8-13)11-16-24-14-3-1-2-4-15(14)26-16/h1-10H,11H2,(H2,20,22)(H,23,25). The van der Waals surface area contributed by atoms with Crippen LogP contribution < -0.4 is 11.1 Å². The number of hydrogen-bond donors (Lipinski definition) is 2. The zero-order valence-electron chi connectivity index (χ0n) is 13.7. The maximum absolute atomic E-state index is 12.2. The number of hydrogen-bond acceptors (Lipinski definition) is 6. The molecular formula is C19H15N5OS. The molecule has 0 spiro atoms. The largest absolute Gasteiger partial charge is 0.382 e. The van der Waals surface area contributed by atoms with Crippen LogP contribution in [0, 0.1) is 0 Å². The molecule has 0 bridgehead atoms. The molecule has 0 radical (unpaired) electrons. The molecule has 0 saturated heterocycles. The van der Waals surface area contributed by atoms with E-state index >= 15 is 0 Å². The molecule has 3 N–H and O–H groups in total. The van der Waals surface area contributed by atoms with E-state index in [1.54, 1.807) is 11.3 Å². The Labute approximate surface area is 153 Å². The molecule has 0 aliphatic carbocycles. The lowest BCUT2D eigenvalue weighted by Crippen LogP contribution is -2.16. The number of benzene rings is 2. The second-order valence-electron chi connectivity index (χ2n) is 5.69. The van der Waals surface area contributed by atoms with Crippen LogP contribution in [-0.4, -0.2) is 20.9 Å². The van der Waals surface area contributed by atoms with Crippen molar-refractivity contribution in [2.75, 3.05) is 11.1 Å². The smallest absolute Gasteiger partial charge is 0.278 e. The minimum atomic E-state index is -0.380. The average molecular weight is 361 g/mol. The van der Waals surface area contributed by atoms with Gasteiger partial charge in [0.1, 0.15) is 0 Å². The van der Waals surface area contributed by atoms with Crippen LogP contribution in [0.15, 0.2) is 60.9 Å². The highest BCUT2D eigenvalue weighted by Gasteiger charge is 2.12. The summed E-state index contributed by atoms with van der Waals surface area (Å²) in [7, 11) is 0. The Morgan fingerprint density at radius 2 is 1.81 bits per heavy atom. The van der Waals surface area contributed by atoms with E-state index in [0.29, 0.717) is 5.69 Å². The Bertz CT molecular complexity index is 1040. The summed E-state index contributed by atoms with van der Waals surface area (Å²) in [5, 5.41) is 3.84. The summed E-state index contributed by atoms with van der Waals surface area (Å²) < 4.78 is 1.19. The molecule has 0 saturated carbocycles. The topological polar surface area (TPSA) is 93.8 Å². The second-order valence-corrected chi connectivity index (χ2v) is 6.81. The SMILES string of the molecule is Nc1nccnc1C(=O)Nc1ccc(Cc2nc3ccccc3s2)cc1. The van der Waals surface area contributed by atoms with Crippen LogP contribution in [0.2, 0.25) is 0 Å². The fourth-order valence-electron chi connectivity index (χ4n) is 2.59. The first-order chi connectivity index (χ1) is 12.7. The van der Waals surface area contributed by atoms with E-state index in [2.05, 4.69) is 26.3 Å². The highest BCUT2D eigenvalue weighted by Crippen LogP contribution is 2.24. The molecule has 0 unspecified atom stereocenters. The van der Waals surface area contributed by atoms with Crippen molar-refractivity contribution < 1.29 is 4.79 Å². The highest BCUT2D eigenvalue weighted by molar-refractivity contribution is 7.18. The molecule has 4 aromatic rings. The summed E-state index contributed by atoms with van der Waals surface area (Å²) in [5.74, 6) is -0.271. The van der Waals surface area contributed by atoms with Crippen molar-refractivity contribution in [3.05, 3.63) is 77.2 Å². The second kappa shape index (κ2) is 6.89. The normalized spacial score (nSPS) is 10.8. The monoisotopic (exact) mass is 361 g/mol. The lowest BCUT2D eigenvalue weighted by atomic mass is 10.1. The Hall–Kier alpha value is -3.32. The fraction of sp³-hybridized carbons (Fsp3) is 0.0526. The fourth-order valence-corrected chi connectivity index (χ4v) is 3.59. The Morgan fingerprint density at radius 3 is 2.58 bits per heavy atom. The molecule has 4 rings (SSSR count). The molecule has 1 amide bonds. The first-order valence-corrected chi connectivity index (χ1v) is 8.82. The number of para-hydroxylation sites is 1. The maximum atomic E-state index is 12.2. The predicted octanol–water partition coefficient (Wildman–Crippen LogP) is 3.51. The van der Waals surface area contributed by atoms with Crippen molar-refractivity contribution in [3.8, 4) is 0 Å². The summed E-state index contributed by atoms with van der Waals surface area (Å²) >= 11 is 1.70. The number of nitrogens with zero attached hydrogens (tertiary/aromatic N) is 3. The lowest BCUT2D eigenvalue weighted by Gasteiger charge is -2.06. The molecule has 0 fully saturated rings. The number of nitrogens with two attached hydrogens (primary N) is 1. The summed E-state index contributed by atoms with van der Waals surface area (Å²) in [6.45, 7) is 0. The van der Waals surface area contributed by atoms with Gasteiger partial charge in [-0.15, -0.1) is 11.3 Å². The summed E-state index contributed by atoms with van der Waals surface area (Å²) in [6, 6.07) is 15.8. The number of rotatable bonds is 4. The van der Waals surface area contributed by atoms with Crippen molar-refractivity contribution >= 4 is 39.0 Å². The third kappa shape index (κ3) is 3.38. The van der Waals surface area contributed by atoms with Gasteiger partial charge in [0, 0.05) is 24.5 Å². The highest BCUT2D eigenvalue weighted by atomic mass is 32.1. The van der Waals surface area contributed by atoms with Gasteiger partial charge in [-0.1, -0.05) is 24.3 Å². The molecule has 128 valence electrons. The number of fused-ring (bicyclic) bond motifs is 1. The number of aromatic nitrogens is 3. The van der Waals surface area contributed by atoms with Crippen molar-refractivity contribution in [1.82, 2.24) is 15.0 Å². The molecule has 0 aliphatic heterocycles. The van der Waals surface area contributed by atoms with Gasteiger partial charge in [-0.3, -0.25) is 4.79 Å². The molecule has 2 heterocycles. The van der Waals surface area contributed by atoms with E-state index in [0.717, 1.165) is 22.5 Å². The van der Waals surface area contributed by atoms with Gasteiger partial charge in [0.15, 0.2) is 11.5 Å².